The van der Waals surface area contributed by atoms with Crippen LogP contribution in [0.5, 0.6) is 5.88 Å². The molecule has 1 aromatic heterocycles. The van der Waals surface area contributed by atoms with E-state index in [0.717, 1.165) is 18.4 Å². The van der Waals surface area contributed by atoms with Gasteiger partial charge in [0.2, 0.25) is 5.88 Å². The Kier molecular flexibility index (Phi) is 8.27. The van der Waals surface area contributed by atoms with Crippen LogP contribution in [0, 0.1) is 0 Å². The van der Waals surface area contributed by atoms with Crippen LogP contribution >= 0.6 is 0 Å². The first-order chi connectivity index (χ1) is 13.5. The number of benzene rings is 1. The number of anilines is 1. The minimum Gasteiger partial charge on any atom is -0.477 e. The van der Waals surface area contributed by atoms with Crippen LogP contribution in [0.15, 0.2) is 42.6 Å². The van der Waals surface area contributed by atoms with Gasteiger partial charge < -0.3 is 20.7 Å². The molecule has 0 saturated heterocycles. The Labute approximate surface area is 165 Å². The van der Waals surface area contributed by atoms with E-state index in [-0.39, 0.29) is 18.0 Å². The summed E-state index contributed by atoms with van der Waals surface area (Å²) in [5.41, 5.74) is 1.83. The third-order valence-electron chi connectivity index (χ3n) is 3.83. The molecule has 0 radical (unpaired) electrons. The smallest absolute Gasteiger partial charge is 0.319 e. The van der Waals surface area contributed by atoms with Gasteiger partial charge in [0.05, 0.1) is 6.61 Å². The quantitative estimate of drug-likeness (QED) is 0.575. The molecule has 150 valence electrons. The molecule has 0 fully saturated rings. The van der Waals surface area contributed by atoms with E-state index in [2.05, 4.69) is 27.9 Å². The van der Waals surface area contributed by atoms with E-state index in [1.165, 1.54) is 0 Å². The zero-order chi connectivity index (χ0) is 20.4. The second kappa shape index (κ2) is 10.9. The lowest BCUT2D eigenvalue weighted by atomic mass is 10.2. The second-order valence-corrected chi connectivity index (χ2v) is 6.69. The van der Waals surface area contributed by atoms with Crippen molar-refractivity contribution in [2.75, 3.05) is 11.9 Å². The average Bonchev–Trinajstić information content (AvgIpc) is 2.66. The van der Waals surface area contributed by atoms with Crippen LogP contribution < -0.4 is 20.7 Å². The summed E-state index contributed by atoms with van der Waals surface area (Å²) in [6.07, 6.45) is 3.66. The molecular formula is C21H28N4O3. The number of nitrogens with one attached hydrogen (secondary N) is 3. The summed E-state index contributed by atoms with van der Waals surface area (Å²) < 4.78 is 5.69. The zero-order valence-corrected chi connectivity index (χ0v) is 16.6. The lowest BCUT2D eigenvalue weighted by Gasteiger charge is -2.12. The molecule has 7 nitrogen and oxygen atoms in total. The molecule has 3 N–H and O–H groups in total. The molecule has 0 spiro atoms. The number of unbranched alkanes of at least 4 members (excludes halogenated alkanes) is 1. The molecule has 7 heteroatoms. The Bertz CT molecular complexity index is 793. The van der Waals surface area contributed by atoms with Crippen molar-refractivity contribution in [1.82, 2.24) is 15.6 Å². The van der Waals surface area contributed by atoms with Crippen molar-refractivity contribution in [3.8, 4) is 5.88 Å². The highest BCUT2D eigenvalue weighted by Crippen LogP contribution is 2.15. The molecule has 0 aliphatic heterocycles. The normalized spacial score (nSPS) is 10.4. The molecule has 2 rings (SSSR count). The third-order valence-corrected chi connectivity index (χ3v) is 3.83. The fourth-order valence-electron chi connectivity index (χ4n) is 2.45. The van der Waals surface area contributed by atoms with Crippen LogP contribution in [-0.2, 0) is 6.54 Å². The number of carbonyl (C=O) groups is 2. The summed E-state index contributed by atoms with van der Waals surface area (Å²) >= 11 is 0. The maximum absolute atomic E-state index is 12.5. The molecule has 2 aromatic rings. The number of urea groups is 1. The Morgan fingerprint density at radius 3 is 2.75 bits per heavy atom. The number of ether oxygens (including phenoxy) is 1. The van der Waals surface area contributed by atoms with Crippen molar-refractivity contribution in [3.63, 3.8) is 0 Å². The Balaban J connectivity index is 1.97. The minimum atomic E-state index is -0.309. The van der Waals surface area contributed by atoms with Crippen LogP contribution in [0.4, 0.5) is 10.5 Å². The van der Waals surface area contributed by atoms with Crippen molar-refractivity contribution in [1.29, 1.82) is 0 Å². The Morgan fingerprint density at radius 1 is 1.18 bits per heavy atom. The molecular weight excluding hydrogens is 356 g/mol. The molecule has 0 aliphatic rings. The number of aromatic nitrogens is 1. The van der Waals surface area contributed by atoms with Crippen LogP contribution in [0.1, 0.15) is 49.5 Å². The van der Waals surface area contributed by atoms with Crippen LogP contribution in [0.25, 0.3) is 0 Å². The first-order valence-electron chi connectivity index (χ1n) is 9.52. The van der Waals surface area contributed by atoms with E-state index in [1.54, 1.807) is 30.5 Å². The SMILES string of the molecule is CCCCOc1ncccc1CNC(=O)c1cccc(NC(=O)NC(C)C)c1. The molecule has 0 bridgehead atoms. The Hall–Kier alpha value is -3.09. The predicted octanol–water partition coefficient (Wildman–Crippen LogP) is 3.72. The first-order valence-corrected chi connectivity index (χ1v) is 9.52. The molecule has 1 aromatic carbocycles. The second-order valence-electron chi connectivity index (χ2n) is 6.69. The van der Waals surface area contributed by atoms with Gasteiger partial charge in [-0.1, -0.05) is 25.5 Å². The maximum atomic E-state index is 12.5. The third kappa shape index (κ3) is 6.90. The van der Waals surface area contributed by atoms with Crippen molar-refractivity contribution < 1.29 is 14.3 Å². The van der Waals surface area contributed by atoms with Gasteiger partial charge in [-0.15, -0.1) is 0 Å². The van der Waals surface area contributed by atoms with Crippen molar-refractivity contribution in [2.24, 2.45) is 0 Å². The molecule has 1 heterocycles. The molecule has 28 heavy (non-hydrogen) atoms. The van der Waals surface area contributed by atoms with Crippen molar-refractivity contribution >= 4 is 17.6 Å². The largest absolute Gasteiger partial charge is 0.477 e. The van der Waals surface area contributed by atoms with E-state index in [0.29, 0.717) is 30.3 Å². The lowest BCUT2D eigenvalue weighted by molar-refractivity contribution is 0.0950. The van der Waals surface area contributed by atoms with Crippen molar-refractivity contribution in [3.05, 3.63) is 53.7 Å². The topological polar surface area (TPSA) is 92.3 Å². The summed E-state index contributed by atoms with van der Waals surface area (Å²) in [7, 11) is 0. The molecule has 3 amide bonds. The summed E-state index contributed by atoms with van der Waals surface area (Å²) in [5.74, 6) is 0.299. The number of hydrogen-bond acceptors (Lipinski definition) is 4. The molecule has 0 unspecified atom stereocenters. The maximum Gasteiger partial charge on any atom is 0.319 e. The van der Waals surface area contributed by atoms with Gasteiger partial charge in [-0.05, 0) is 44.5 Å². The molecule has 0 aliphatic carbocycles. The fraction of sp³-hybridized carbons (Fsp3) is 0.381. The number of hydrogen-bond donors (Lipinski definition) is 3. The summed E-state index contributed by atoms with van der Waals surface area (Å²) in [6, 6.07) is 10.2. The van der Waals surface area contributed by atoms with Crippen LogP contribution in [0.2, 0.25) is 0 Å². The van der Waals surface area contributed by atoms with E-state index in [4.69, 9.17) is 4.74 Å². The van der Waals surface area contributed by atoms with E-state index in [1.807, 2.05) is 26.0 Å². The van der Waals surface area contributed by atoms with Gasteiger partial charge in [-0.25, -0.2) is 9.78 Å². The number of nitrogens with zero attached hydrogens (tertiary/aromatic N) is 1. The minimum absolute atomic E-state index is 0.0275. The molecule has 0 saturated carbocycles. The number of carbonyl (C=O) groups excluding carboxylic acids is 2. The molecule has 0 atom stereocenters. The monoisotopic (exact) mass is 384 g/mol. The van der Waals surface area contributed by atoms with E-state index >= 15 is 0 Å². The Morgan fingerprint density at radius 2 is 2.00 bits per heavy atom. The predicted molar refractivity (Wildman–Crippen MR) is 110 cm³/mol. The summed E-state index contributed by atoms with van der Waals surface area (Å²) in [5, 5.41) is 8.33. The number of pyridine rings is 1. The van der Waals surface area contributed by atoms with Gasteiger partial charge in [-0.3, -0.25) is 4.79 Å². The van der Waals surface area contributed by atoms with Crippen LogP contribution in [0.3, 0.4) is 0 Å². The lowest BCUT2D eigenvalue weighted by Crippen LogP contribution is -2.34. The van der Waals surface area contributed by atoms with E-state index < -0.39 is 0 Å². The summed E-state index contributed by atoms with van der Waals surface area (Å²) in [6.45, 7) is 6.75. The summed E-state index contributed by atoms with van der Waals surface area (Å²) in [4.78, 5) is 28.6. The van der Waals surface area contributed by atoms with Gasteiger partial charge in [0.15, 0.2) is 0 Å². The highest BCUT2D eigenvalue weighted by Gasteiger charge is 2.10. The van der Waals surface area contributed by atoms with Gasteiger partial charge >= 0.3 is 6.03 Å². The fourth-order valence-corrected chi connectivity index (χ4v) is 2.45. The van der Waals surface area contributed by atoms with Gasteiger partial charge in [-0.2, -0.15) is 0 Å². The van der Waals surface area contributed by atoms with Crippen LogP contribution in [-0.4, -0.2) is 29.6 Å². The van der Waals surface area contributed by atoms with Crippen molar-refractivity contribution in [2.45, 2.75) is 46.2 Å². The highest BCUT2D eigenvalue weighted by atomic mass is 16.5. The number of rotatable bonds is 9. The standard InChI is InChI=1S/C21H28N4O3/c1-4-5-12-28-20-17(9-7-11-22-20)14-23-19(26)16-8-6-10-18(13-16)25-21(27)24-15(2)3/h6-11,13,15H,4-5,12,14H2,1-3H3,(H,23,26)(H2,24,25,27). The number of amides is 3. The van der Waals surface area contributed by atoms with E-state index in [9.17, 15) is 9.59 Å². The average molecular weight is 384 g/mol. The van der Waals surface area contributed by atoms with Gasteiger partial charge in [0, 0.05) is 35.6 Å². The first kappa shape index (κ1) is 21.2. The highest BCUT2D eigenvalue weighted by molar-refractivity contribution is 5.96. The van der Waals surface area contributed by atoms with Gasteiger partial charge in [0.25, 0.3) is 5.91 Å². The zero-order valence-electron chi connectivity index (χ0n) is 16.6. The van der Waals surface area contributed by atoms with Gasteiger partial charge in [0.1, 0.15) is 0 Å².